The van der Waals surface area contributed by atoms with E-state index in [1.807, 2.05) is 0 Å². The molecule has 130 valence electrons. The van der Waals surface area contributed by atoms with Gasteiger partial charge < -0.3 is 15.4 Å². The molecular formula is C19H27N3O2. The largest absolute Gasteiger partial charge is 0.481 e. The first-order chi connectivity index (χ1) is 11.4. The van der Waals surface area contributed by atoms with Crippen LogP contribution in [0.25, 0.3) is 11.3 Å². The molecule has 0 aliphatic rings. The Hall–Kier alpha value is -2.14. The molecule has 0 unspecified atom stereocenters. The van der Waals surface area contributed by atoms with Crippen molar-refractivity contribution in [1.82, 2.24) is 9.55 Å². The third-order valence-corrected chi connectivity index (χ3v) is 4.14. The van der Waals surface area contributed by atoms with Crippen molar-refractivity contribution in [2.24, 2.45) is 5.73 Å². The number of imidazole rings is 1. The highest BCUT2D eigenvalue weighted by Gasteiger charge is 2.12. The molecule has 2 aromatic rings. The lowest BCUT2D eigenvalue weighted by atomic mass is 10.0. The van der Waals surface area contributed by atoms with Gasteiger partial charge in [-0.25, -0.2) is 4.98 Å². The maximum atomic E-state index is 10.6. The molecule has 1 aromatic carbocycles. The van der Waals surface area contributed by atoms with Gasteiger partial charge in [-0.2, -0.15) is 0 Å². The second kappa shape index (κ2) is 8.11. The Morgan fingerprint density at radius 1 is 1.29 bits per heavy atom. The number of aryl methyl sites for hydroxylation is 1. The molecule has 24 heavy (non-hydrogen) atoms. The quantitative estimate of drug-likeness (QED) is 0.777. The number of hydrogen-bond donors (Lipinski definition) is 2. The number of nitrogens with zero attached hydrogens (tertiary/aromatic N) is 2. The van der Waals surface area contributed by atoms with Gasteiger partial charge in [-0.3, -0.25) is 4.79 Å². The summed E-state index contributed by atoms with van der Waals surface area (Å²) in [7, 11) is 0. The number of carboxylic acid groups (broad SMARTS) is 1. The normalized spacial score (nSPS) is 12.5. The molecule has 0 aliphatic heterocycles. The fourth-order valence-electron chi connectivity index (χ4n) is 2.81. The van der Waals surface area contributed by atoms with E-state index in [1.165, 1.54) is 0 Å². The molecule has 0 spiro atoms. The van der Waals surface area contributed by atoms with Gasteiger partial charge in [0, 0.05) is 36.7 Å². The van der Waals surface area contributed by atoms with Gasteiger partial charge in [0.2, 0.25) is 0 Å². The topological polar surface area (TPSA) is 81.1 Å². The molecule has 0 aliphatic carbocycles. The molecule has 0 fully saturated rings. The van der Waals surface area contributed by atoms with Crippen molar-refractivity contribution in [3.8, 4) is 11.3 Å². The van der Waals surface area contributed by atoms with Crippen LogP contribution in [0, 0.1) is 0 Å². The Kier molecular flexibility index (Phi) is 6.15. The van der Waals surface area contributed by atoms with Crippen molar-refractivity contribution in [1.29, 1.82) is 0 Å². The molecule has 3 N–H and O–H groups in total. The van der Waals surface area contributed by atoms with Crippen LogP contribution < -0.4 is 5.73 Å². The Balaban J connectivity index is 2.08. The number of aromatic nitrogens is 2. The van der Waals surface area contributed by atoms with E-state index in [0.717, 1.165) is 29.2 Å². The molecular weight excluding hydrogens is 302 g/mol. The minimum Gasteiger partial charge on any atom is -0.481 e. The third-order valence-electron chi connectivity index (χ3n) is 4.14. The van der Waals surface area contributed by atoms with Gasteiger partial charge >= 0.3 is 5.97 Å². The lowest BCUT2D eigenvalue weighted by Crippen LogP contribution is -2.23. The zero-order valence-electron chi connectivity index (χ0n) is 14.7. The summed E-state index contributed by atoms with van der Waals surface area (Å²) in [6.07, 6.45) is 3.40. The Labute approximate surface area is 143 Å². The average molecular weight is 329 g/mol. The predicted molar refractivity (Wildman–Crippen MR) is 96.0 cm³/mol. The van der Waals surface area contributed by atoms with E-state index < -0.39 is 5.97 Å². The van der Waals surface area contributed by atoms with Crippen LogP contribution in [0.4, 0.5) is 0 Å². The van der Waals surface area contributed by atoms with E-state index in [1.54, 1.807) is 0 Å². The molecule has 0 bridgehead atoms. The van der Waals surface area contributed by atoms with E-state index in [4.69, 9.17) is 15.8 Å². The first kappa shape index (κ1) is 18.2. The number of carbonyl (C=O) groups is 1. The van der Waals surface area contributed by atoms with Gasteiger partial charge in [-0.1, -0.05) is 38.1 Å². The van der Waals surface area contributed by atoms with Gasteiger partial charge in [0.25, 0.3) is 0 Å². The van der Waals surface area contributed by atoms with Gasteiger partial charge in [-0.15, -0.1) is 0 Å². The summed E-state index contributed by atoms with van der Waals surface area (Å²) < 4.78 is 2.19. The summed E-state index contributed by atoms with van der Waals surface area (Å²) in [5.41, 5.74) is 9.20. The highest BCUT2D eigenvalue weighted by molar-refractivity contribution is 5.66. The van der Waals surface area contributed by atoms with Crippen LogP contribution >= 0.6 is 0 Å². The van der Waals surface area contributed by atoms with Gasteiger partial charge in [0.15, 0.2) is 0 Å². The van der Waals surface area contributed by atoms with Crippen molar-refractivity contribution in [2.45, 2.75) is 58.5 Å². The predicted octanol–water partition coefficient (Wildman–Crippen LogP) is 3.43. The number of aliphatic carboxylic acids is 1. The second-order valence-electron chi connectivity index (χ2n) is 6.52. The summed E-state index contributed by atoms with van der Waals surface area (Å²) in [4.78, 5) is 15.4. The number of benzene rings is 1. The monoisotopic (exact) mass is 329 g/mol. The highest BCUT2D eigenvalue weighted by Crippen LogP contribution is 2.23. The lowest BCUT2D eigenvalue weighted by Gasteiger charge is -2.10. The SMILES string of the molecule is CCn1cc(-c2ccc(C[C@H](N)CCC(=O)O)cc2)nc1C(C)C. The Bertz CT molecular complexity index is 674. The average Bonchev–Trinajstić information content (AvgIpc) is 2.98. The molecule has 1 atom stereocenters. The van der Waals surface area contributed by atoms with Crippen molar-refractivity contribution in [3.63, 3.8) is 0 Å². The van der Waals surface area contributed by atoms with Crippen LogP contribution in [-0.2, 0) is 17.8 Å². The minimum absolute atomic E-state index is 0.117. The summed E-state index contributed by atoms with van der Waals surface area (Å²) in [6.45, 7) is 7.34. The van der Waals surface area contributed by atoms with Gasteiger partial charge in [0.1, 0.15) is 5.82 Å². The first-order valence-corrected chi connectivity index (χ1v) is 8.54. The van der Waals surface area contributed by atoms with Crippen LogP contribution in [0.2, 0.25) is 0 Å². The van der Waals surface area contributed by atoms with E-state index in [9.17, 15) is 4.79 Å². The second-order valence-corrected chi connectivity index (χ2v) is 6.52. The zero-order chi connectivity index (χ0) is 17.7. The van der Waals surface area contributed by atoms with Crippen LogP contribution in [0.1, 0.15) is 50.9 Å². The van der Waals surface area contributed by atoms with Crippen LogP contribution in [-0.4, -0.2) is 26.7 Å². The Morgan fingerprint density at radius 2 is 1.96 bits per heavy atom. The molecule has 2 rings (SSSR count). The lowest BCUT2D eigenvalue weighted by molar-refractivity contribution is -0.137. The number of hydrogen-bond acceptors (Lipinski definition) is 3. The molecule has 1 aromatic heterocycles. The minimum atomic E-state index is -0.798. The Morgan fingerprint density at radius 3 is 2.46 bits per heavy atom. The van der Waals surface area contributed by atoms with Crippen molar-refractivity contribution in [2.75, 3.05) is 0 Å². The van der Waals surface area contributed by atoms with Gasteiger partial charge in [0.05, 0.1) is 5.69 Å². The molecule has 0 radical (unpaired) electrons. The van der Waals surface area contributed by atoms with Crippen LogP contribution in [0.3, 0.4) is 0 Å². The molecule has 1 heterocycles. The van der Waals surface area contributed by atoms with E-state index in [-0.39, 0.29) is 12.5 Å². The molecule has 5 nitrogen and oxygen atoms in total. The maximum absolute atomic E-state index is 10.6. The highest BCUT2D eigenvalue weighted by atomic mass is 16.4. The third kappa shape index (κ3) is 4.68. The molecule has 5 heteroatoms. The zero-order valence-corrected chi connectivity index (χ0v) is 14.7. The molecule has 0 saturated heterocycles. The van der Waals surface area contributed by atoms with Crippen molar-refractivity contribution >= 4 is 5.97 Å². The van der Waals surface area contributed by atoms with Crippen molar-refractivity contribution in [3.05, 3.63) is 41.9 Å². The first-order valence-electron chi connectivity index (χ1n) is 8.54. The van der Waals surface area contributed by atoms with Crippen LogP contribution in [0.15, 0.2) is 30.5 Å². The summed E-state index contributed by atoms with van der Waals surface area (Å²) in [5.74, 6) is 0.700. The molecule has 0 amide bonds. The smallest absolute Gasteiger partial charge is 0.303 e. The standard InChI is InChI=1S/C19H27N3O2/c1-4-22-12-17(21-19(22)13(2)3)15-7-5-14(6-8-15)11-16(20)9-10-18(23)24/h5-8,12-13,16H,4,9-11,20H2,1-3H3,(H,23,24)/t16-/m1/s1. The van der Waals surface area contributed by atoms with Gasteiger partial charge in [-0.05, 0) is 25.3 Å². The number of carboxylic acids is 1. The maximum Gasteiger partial charge on any atom is 0.303 e. The summed E-state index contributed by atoms with van der Waals surface area (Å²) in [6, 6.07) is 8.10. The van der Waals surface area contributed by atoms with E-state index >= 15 is 0 Å². The number of rotatable bonds is 8. The summed E-state index contributed by atoms with van der Waals surface area (Å²) in [5, 5.41) is 8.71. The van der Waals surface area contributed by atoms with Crippen LogP contribution in [0.5, 0.6) is 0 Å². The van der Waals surface area contributed by atoms with E-state index in [2.05, 4.69) is 55.8 Å². The summed E-state index contributed by atoms with van der Waals surface area (Å²) >= 11 is 0. The van der Waals surface area contributed by atoms with E-state index in [0.29, 0.717) is 18.8 Å². The van der Waals surface area contributed by atoms with Crippen molar-refractivity contribution < 1.29 is 9.90 Å². The molecule has 0 saturated carbocycles. The fraction of sp³-hybridized carbons (Fsp3) is 0.474. The fourth-order valence-corrected chi connectivity index (χ4v) is 2.81. The number of nitrogens with two attached hydrogens (primary N) is 1.